The Balaban J connectivity index is 2.54. The first kappa shape index (κ1) is 15.9. The van der Waals surface area contributed by atoms with Crippen LogP contribution in [0.2, 0.25) is 0 Å². The average Bonchev–Trinajstić information content (AvgIpc) is 2.35. The SMILES string of the molecule is CC(C)C[C@H](C[PH](=O)O)C(=O)OCc1ccccc1. The van der Waals surface area contributed by atoms with Gasteiger partial charge in [-0.1, -0.05) is 44.2 Å². The second-order valence-electron chi connectivity index (χ2n) is 5.02. The van der Waals surface area contributed by atoms with Gasteiger partial charge in [-0.15, -0.1) is 0 Å². The molecule has 0 amide bonds. The summed E-state index contributed by atoms with van der Waals surface area (Å²) in [5.74, 6) is -0.583. The van der Waals surface area contributed by atoms with Gasteiger partial charge in [-0.25, -0.2) is 0 Å². The van der Waals surface area contributed by atoms with Crippen molar-refractivity contribution < 1.29 is 19.0 Å². The van der Waals surface area contributed by atoms with Gasteiger partial charge in [0.05, 0.1) is 5.92 Å². The Bertz CT molecular complexity index is 417. The summed E-state index contributed by atoms with van der Waals surface area (Å²) in [4.78, 5) is 20.9. The number of carbonyl (C=O) groups excluding carboxylic acids is 1. The maximum atomic E-state index is 11.9. The van der Waals surface area contributed by atoms with Crippen LogP contribution in [0.5, 0.6) is 0 Å². The Morgan fingerprint density at radius 1 is 1.32 bits per heavy atom. The number of hydrogen-bond donors (Lipinski definition) is 1. The Labute approximate surface area is 114 Å². The molecule has 1 rings (SSSR count). The van der Waals surface area contributed by atoms with Crippen molar-refractivity contribution in [2.24, 2.45) is 11.8 Å². The van der Waals surface area contributed by atoms with E-state index < -0.39 is 13.9 Å². The van der Waals surface area contributed by atoms with Crippen LogP contribution in [0.25, 0.3) is 0 Å². The second-order valence-corrected chi connectivity index (χ2v) is 6.21. The highest BCUT2D eigenvalue weighted by Crippen LogP contribution is 2.24. The number of hydrogen-bond acceptors (Lipinski definition) is 3. The van der Waals surface area contributed by atoms with Crippen molar-refractivity contribution in [2.75, 3.05) is 6.16 Å². The number of carbonyl (C=O) groups is 1. The lowest BCUT2D eigenvalue weighted by Gasteiger charge is -2.16. The molecule has 0 spiro atoms. The van der Waals surface area contributed by atoms with Gasteiger partial charge in [0, 0.05) is 6.16 Å². The Morgan fingerprint density at radius 3 is 2.47 bits per heavy atom. The van der Waals surface area contributed by atoms with Crippen LogP contribution in [0.3, 0.4) is 0 Å². The van der Waals surface area contributed by atoms with Crippen LogP contribution >= 0.6 is 8.03 Å². The summed E-state index contributed by atoms with van der Waals surface area (Å²) in [6.07, 6.45) is 0.584. The molecule has 0 aliphatic heterocycles. The zero-order chi connectivity index (χ0) is 14.3. The van der Waals surface area contributed by atoms with Crippen LogP contribution < -0.4 is 0 Å². The summed E-state index contributed by atoms with van der Waals surface area (Å²) < 4.78 is 16.2. The number of ether oxygens (including phenoxy) is 1. The summed E-state index contributed by atoms with van der Waals surface area (Å²) in [5, 5.41) is 0. The van der Waals surface area contributed by atoms with E-state index in [0.29, 0.717) is 6.42 Å². The summed E-state index contributed by atoms with van der Waals surface area (Å²) in [7, 11) is -2.66. The minimum absolute atomic E-state index is 0.0104. The first-order chi connectivity index (χ1) is 8.99. The topological polar surface area (TPSA) is 63.6 Å². The zero-order valence-electron chi connectivity index (χ0n) is 11.3. The fourth-order valence-corrected chi connectivity index (χ4v) is 2.64. The van der Waals surface area contributed by atoms with E-state index in [1.807, 2.05) is 44.2 Å². The van der Waals surface area contributed by atoms with Gasteiger partial charge in [-0.05, 0) is 17.9 Å². The minimum atomic E-state index is -2.66. The molecule has 2 atom stereocenters. The van der Waals surface area contributed by atoms with E-state index in [1.54, 1.807) is 0 Å². The van der Waals surface area contributed by atoms with Crippen molar-refractivity contribution >= 4 is 14.0 Å². The molecule has 0 saturated heterocycles. The lowest BCUT2D eigenvalue weighted by molar-refractivity contribution is -0.149. The van der Waals surface area contributed by atoms with E-state index in [2.05, 4.69) is 0 Å². The Morgan fingerprint density at radius 2 is 1.95 bits per heavy atom. The molecule has 0 aromatic heterocycles. The molecule has 0 aliphatic rings. The third-order valence-electron chi connectivity index (χ3n) is 2.73. The normalized spacial score (nSPS) is 14.1. The van der Waals surface area contributed by atoms with Gasteiger partial charge in [-0.3, -0.25) is 9.36 Å². The second kappa shape index (κ2) is 8.13. The van der Waals surface area contributed by atoms with Gasteiger partial charge in [0.25, 0.3) is 0 Å². The maximum Gasteiger partial charge on any atom is 0.309 e. The van der Waals surface area contributed by atoms with Crippen LogP contribution in [0.15, 0.2) is 30.3 Å². The average molecular weight is 284 g/mol. The van der Waals surface area contributed by atoms with Crippen molar-refractivity contribution in [1.82, 2.24) is 0 Å². The molecular weight excluding hydrogens is 263 g/mol. The Hall–Kier alpha value is -1.12. The molecule has 1 aromatic rings. The summed E-state index contributed by atoms with van der Waals surface area (Å²) in [5.41, 5.74) is 0.913. The van der Waals surface area contributed by atoms with Crippen LogP contribution in [0, 0.1) is 11.8 Å². The Kier molecular flexibility index (Phi) is 6.82. The van der Waals surface area contributed by atoms with E-state index in [0.717, 1.165) is 5.56 Å². The van der Waals surface area contributed by atoms with Crippen LogP contribution in [-0.4, -0.2) is 17.0 Å². The summed E-state index contributed by atoms with van der Waals surface area (Å²) >= 11 is 0. The lowest BCUT2D eigenvalue weighted by atomic mass is 9.99. The fourth-order valence-electron chi connectivity index (χ4n) is 1.89. The number of rotatable bonds is 7. The van der Waals surface area contributed by atoms with E-state index in [4.69, 9.17) is 9.63 Å². The molecule has 0 saturated carbocycles. The van der Waals surface area contributed by atoms with Gasteiger partial charge in [-0.2, -0.15) is 0 Å². The molecule has 0 radical (unpaired) electrons. The van der Waals surface area contributed by atoms with Crippen molar-refractivity contribution in [1.29, 1.82) is 0 Å². The molecule has 4 nitrogen and oxygen atoms in total. The third-order valence-corrected chi connectivity index (χ3v) is 3.58. The molecule has 106 valence electrons. The molecule has 0 aliphatic carbocycles. The molecular formula is C14H21O4P. The standard InChI is InChI=1S/C14H21O4P/c1-11(2)8-13(10-19(16)17)14(15)18-9-12-6-4-3-5-7-12/h3-7,11,13,19H,8-10H2,1-2H3,(H,16,17)/t13-/m1/s1. The van der Waals surface area contributed by atoms with E-state index >= 15 is 0 Å². The van der Waals surface area contributed by atoms with E-state index in [1.165, 1.54) is 0 Å². The van der Waals surface area contributed by atoms with Crippen molar-refractivity contribution in [3.05, 3.63) is 35.9 Å². The van der Waals surface area contributed by atoms with Gasteiger partial charge in [0.15, 0.2) is 8.03 Å². The van der Waals surface area contributed by atoms with Crippen LogP contribution in [0.1, 0.15) is 25.8 Å². The molecule has 5 heteroatoms. The minimum Gasteiger partial charge on any atom is -0.461 e. The lowest BCUT2D eigenvalue weighted by Crippen LogP contribution is -2.21. The number of esters is 1. The van der Waals surface area contributed by atoms with Crippen LogP contribution in [-0.2, 0) is 20.7 Å². The zero-order valence-corrected chi connectivity index (χ0v) is 12.3. The maximum absolute atomic E-state index is 11.9. The van der Waals surface area contributed by atoms with Crippen molar-refractivity contribution in [3.8, 4) is 0 Å². The van der Waals surface area contributed by atoms with Crippen LogP contribution in [0.4, 0.5) is 0 Å². The van der Waals surface area contributed by atoms with Crippen molar-refractivity contribution in [2.45, 2.75) is 26.9 Å². The molecule has 1 N–H and O–H groups in total. The van der Waals surface area contributed by atoms with Gasteiger partial charge >= 0.3 is 5.97 Å². The highest BCUT2D eigenvalue weighted by Gasteiger charge is 2.23. The smallest absolute Gasteiger partial charge is 0.309 e. The predicted octanol–water partition coefficient (Wildman–Crippen LogP) is 2.86. The molecule has 0 fully saturated rings. The fraction of sp³-hybridized carbons (Fsp3) is 0.500. The van der Waals surface area contributed by atoms with Gasteiger partial charge < -0.3 is 9.63 Å². The molecule has 1 unspecified atom stereocenters. The first-order valence-corrected chi connectivity index (χ1v) is 7.97. The molecule has 1 aromatic carbocycles. The van der Waals surface area contributed by atoms with Gasteiger partial charge in [0.2, 0.25) is 0 Å². The van der Waals surface area contributed by atoms with E-state index in [9.17, 15) is 9.36 Å². The molecule has 0 heterocycles. The molecule has 19 heavy (non-hydrogen) atoms. The first-order valence-electron chi connectivity index (χ1n) is 6.41. The monoisotopic (exact) mass is 284 g/mol. The third kappa shape index (κ3) is 6.55. The number of benzene rings is 1. The predicted molar refractivity (Wildman–Crippen MR) is 75.3 cm³/mol. The van der Waals surface area contributed by atoms with E-state index in [-0.39, 0.29) is 24.7 Å². The summed E-state index contributed by atoms with van der Waals surface area (Å²) in [6.45, 7) is 4.17. The molecule has 0 bridgehead atoms. The largest absolute Gasteiger partial charge is 0.461 e. The highest BCUT2D eigenvalue weighted by atomic mass is 31.1. The highest BCUT2D eigenvalue weighted by molar-refractivity contribution is 7.38. The van der Waals surface area contributed by atoms with Crippen molar-refractivity contribution in [3.63, 3.8) is 0 Å². The summed E-state index contributed by atoms with van der Waals surface area (Å²) in [6, 6.07) is 9.40. The quantitative estimate of drug-likeness (QED) is 0.617. The van der Waals surface area contributed by atoms with Gasteiger partial charge in [0.1, 0.15) is 6.61 Å².